The quantitative estimate of drug-likeness (QED) is 0.317. The van der Waals surface area contributed by atoms with Crippen molar-refractivity contribution in [3.05, 3.63) is 100 Å². The van der Waals surface area contributed by atoms with Crippen LogP contribution in [0.25, 0.3) is 0 Å². The van der Waals surface area contributed by atoms with E-state index >= 15 is 0 Å². The van der Waals surface area contributed by atoms with Crippen LogP contribution in [-0.2, 0) is 32.6 Å². The molecule has 3 aromatic carbocycles. The Morgan fingerprint density at radius 2 is 1.59 bits per heavy atom. The van der Waals surface area contributed by atoms with Gasteiger partial charge in [-0.15, -0.1) is 0 Å². The van der Waals surface area contributed by atoms with Gasteiger partial charge < -0.3 is 10.2 Å². The van der Waals surface area contributed by atoms with Gasteiger partial charge in [-0.25, -0.2) is 12.8 Å². The molecule has 208 valence electrons. The van der Waals surface area contributed by atoms with Crippen LogP contribution in [0.5, 0.6) is 0 Å². The molecule has 0 fully saturated rings. The Morgan fingerprint density at radius 3 is 2.18 bits per heavy atom. The number of sulfonamides is 1. The van der Waals surface area contributed by atoms with Gasteiger partial charge in [0.15, 0.2) is 0 Å². The second kappa shape index (κ2) is 13.7. The maximum atomic E-state index is 14.0. The normalized spacial score (nSPS) is 12.2. The summed E-state index contributed by atoms with van der Waals surface area (Å²) in [6.07, 6.45) is 1.22. The van der Waals surface area contributed by atoms with E-state index in [0.29, 0.717) is 6.54 Å². The molecule has 0 aliphatic rings. The minimum atomic E-state index is -3.91. The van der Waals surface area contributed by atoms with E-state index in [-0.39, 0.29) is 30.5 Å². The predicted molar refractivity (Wildman–Crippen MR) is 155 cm³/mol. The minimum Gasteiger partial charge on any atom is -0.354 e. The first-order valence-corrected chi connectivity index (χ1v) is 15.2. The highest BCUT2D eigenvalue weighted by atomic mass is 79.9. The van der Waals surface area contributed by atoms with Crippen molar-refractivity contribution in [2.75, 3.05) is 23.7 Å². The number of benzene rings is 3. The van der Waals surface area contributed by atoms with E-state index in [4.69, 9.17) is 0 Å². The molecule has 10 heteroatoms. The monoisotopic (exact) mass is 617 g/mol. The summed E-state index contributed by atoms with van der Waals surface area (Å²) in [7, 11) is -3.91. The number of amides is 2. The number of carbonyl (C=O) groups excluding carboxylic acids is 2. The Balaban J connectivity index is 2.04. The zero-order valence-corrected chi connectivity index (χ0v) is 24.6. The third-order valence-electron chi connectivity index (χ3n) is 5.99. The molecule has 7 nitrogen and oxygen atoms in total. The number of rotatable bonds is 12. The number of nitrogens with one attached hydrogen (secondary N) is 1. The summed E-state index contributed by atoms with van der Waals surface area (Å²) in [4.78, 5) is 28.9. The SMILES string of the molecule is CC(C)CNC(=O)[C@H](Cc1ccccc1)N(Cc1cccc(Br)c1)C(=O)CN(c1ccc(F)cc1)S(C)(=O)=O. The third-order valence-corrected chi connectivity index (χ3v) is 7.63. The van der Waals surface area contributed by atoms with Crippen LogP contribution in [-0.4, -0.2) is 50.5 Å². The molecule has 0 spiro atoms. The topological polar surface area (TPSA) is 86.8 Å². The van der Waals surface area contributed by atoms with Crippen LogP contribution in [0.4, 0.5) is 10.1 Å². The fourth-order valence-electron chi connectivity index (χ4n) is 4.03. The fourth-order valence-corrected chi connectivity index (χ4v) is 5.33. The van der Waals surface area contributed by atoms with Gasteiger partial charge in [0.1, 0.15) is 18.4 Å². The third kappa shape index (κ3) is 9.18. The molecule has 0 heterocycles. The van der Waals surface area contributed by atoms with Crippen molar-refractivity contribution in [3.63, 3.8) is 0 Å². The summed E-state index contributed by atoms with van der Waals surface area (Å²) in [6.45, 7) is 3.90. The Bertz CT molecular complexity index is 1370. The molecule has 0 saturated heterocycles. The molecule has 1 N–H and O–H groups in total. The lowest BCUT2D eigenvalue weighted by Gasteiger charge is -2.33. The van der Waals surface area contributed by atoms with Gasteiger partial charge in [0.05, 0.1) is 11.9 Å². The van der Waals surface area contributed by atoms with Crippen molar-refractivity contribution in [2.45, 2.75) is 32.9 Å². The summed E-state index contributed by atoms with van der Waals surface area (Å²) in [5.41, 5.74) is 1.77. The Kier molecular flexibility index (Phi) is 10.7. The lowest BCUT2D eigenvalue weighted by molar-refractivity contribution is -0.140. The molecule has 1 atom stereocenters. The lowest BCUT2D eigenvalue weighted by atomic mass is 10.0. The van der Waals surface area contributed by atoms with Crippen molar-refractivity contribution < 1.29 is 22.4 Å². The number of nitrogens with zero attached hydrogens (tertiary/aromatic N) is 2. The highest BCUT2D eigenvalue weighted by Crippen LogP contribution is 2.21. The summed E-state index contributed by atoms with van der Waals surface area (Å²) < 4.78 is 40.7. The second-order valence-corrected chi connectivity index (χ2v) is 12.6. The Hall–Kier alpha value is -3.24. The van der Waals surface area contributed by atoms with Crippen molar-refractivity contribution >= 4 is 43.5 Å². The molecule has 0 aliphatic heterocycles. The van der Waals surface area contributed by atoms with E-state index in [1.165, 1.54) is 17.0 Å². The molecule has 0 radical (unpaired) electrons. The van der Waals surface area contributed by atoms with Crippen LogP contribution in [0, 0.1) is 11.7 Å². The molecule has 3 rings (SSSR count). The zero-order chi connectivity index (χ0) is 28.6. The molecule has 0 aliphatic carbocycles. The van der Waals surface area contributed by atoms with Crippen LogP contribution in [0.15, 0.2) is 83.3 Å². The van der Waals surface area contributed by atoms with Gasteiger partial charge in [-0.05, 0) is 53.4 Å². The number of hydrogen-bond donors (Lipinski definition) is 1. The van der Waals surface area contributed by atoms with Gasteiger partial charge >= 0.3 is 0 Å². The Labute approximate surface area is 238 Å². The molecular weight excluding hydrogens is 585 g/mol. The molecule has 0 bridgehead atoms. The van der Waals surface area contributed by atoms with Gasteiger partial charge in [0.2, 0.25) is 21.8 Å². The van der Waals surface area contributed by atoms with E-state index in [2.05, 4.69) is 21.2 Å². The van der Waals surface area contributed by atoms with Crippen LogP contribution < -0.4 is 9.62 Å². The van der Waals surface area contributed by atoms with Crippen molar-refractivity contribution in [3.8, 4) is 0 Å². The highest BCUT2D eigenvalue weighted by Gasteiger charge is 2.33. The number of halogens is 2. The summed E-state index contributed by atoms with van der Waals surface area (Å²) in [5, 5.41) is 2.94. The van der Waals surface area contributed by atoms with Gasteiger partial charge in [-0.2, -0.15) is 0 Å². The van der Waals surface area contributed by atoms with E-state index in [0.717, 1.165) is 38.3 Å². The summed E-state index contributed by atoms with van der Waals surface area (Å²) >= 11 is 3.45. The van der Waals surface area contributed by atoms with Crippen LogP contribution >= 0.6 is 15.9 Å². The number of anilines is 1. The van der Waals surface area contributed by atoms with Crippen LogP contribution in [0.3, 0.4) is 0 Å². The molecule has 2 amide bonds. The number of hydrogen-bond acceptors (Lipinski definition) is 4. The van der Waals surface area contributed by atoms with Crippen LogP contribution in [0.2, 0.25) is 0 Å². The average Bonchev–Trinajstić information content (AvgIpc) is 2.88. The van der Waals surface area contributed by atoms with Gasteiger partial charge in [0, 0.05) is 24.0 Å². The van der Waals surface area contributed by atoms with E-state index in [9.17, 15) is 22.4 Å². The molecule has 3 aromatic rings. The maximum Gasteiger partial charge on any atom is 0.244 e. The zero-order valence-electron chi connectivity index (χ0n) is 22.2. The van der Waals surface area contributed by atoms with Gasteiger partial charge in [-0.1, -0.05) is 72.2 Å². The average molecular weight is 619 g/mol. The first-order valence-electron chi connectivity index (χ1n) is 12.5. The largest absolute Gasteiger partial charge is 0.354 e. The summed E-state index contributed by atoms with van der Waals surface area (Å²) in [5.74, 6) is -1.23. The minimum absolute atomic E-state index is 0.0753. The van der Waals surface area contributed by atoms with E-state index in [1.807, 2.05) is 68.4 Å². The molecule has 0 aromatic heterocycles. The van der Waals surface area contributed by atoms with Crippen molar-refractivity contribution in [1.29, 1.82) is 0 Å². The molecular formula is C29H33BrFN3O4S. The molecule has 39 heavy (non-hydrogen) atoms. The highest BCUT2D eigenvalue weighted by molar-refractivity contribution is 9.10. The first kappa shape index (κ1) is 30.3. The van der Waals surface area contributed by atoms with E-state index in [1.54, 1.807) is 0 Å². The van der Waals surface area contributed by atoms with Gasteiger partial charge in [0.25, 0.3) is 0 Å². The van der Waals surface area contributed by atoms with E-state index < -0.39 is 34.3 Å². The second-order valence-electron chi connectivity index (χ2n) is 9.74. The predicted octanol–water partition coefficient (Wildman–Crippen LogP) is 4.77. The van der Waals surface area contributed by atoms with Crippen LogP contribution in [0.1, 0.15) is 25.0 Å². The standard InChI is InChI=1S/C29H33BrFN3O4S/c1-21(2)18-32-29(36)27(17-22-8-5-4-6-9-22)33(19-23-10-7-11-24(30)16-23)28(35)20-34(39(3,37)38)26-14-12-25(31)13-15-26/h4-16,21,27H,17-20H2,1-3H3,(H,32,36)/t27-/m0/s1. The molecule has 0 saturated carbocycles. The first-order chi connectivity index (χ1) is 18.4. The molecule has 0 unspecified atom stereocenters. The Morgan fingerprint density at radius 1 is 0.949 bits per heavy atom. The number of carbonyl (C=O) groups is 2. The summed E-state index contributed by atoms with van der Waals surface area (Å²) in [6, 6.07) is 20.7. The fraction of sp³-hybridized carbons (Fsp3) is 0.310. The van der Waals surface area contributed by atoms with Crippen molar-refractivity contribution in [1.82, 2.24) is 10.2 Å². The lowest BCUT2D eigenvalue weighted by Crippen LogP contribution is -2.53. The van der Waals surface area contributed by atoms with Gasteiger partial charge in [-0.3, -0.25) is 13.9 Å². The maximum absolute atomic E-state index is 14.0. The van der Waals surface area contributed by atoms with Crippen molar-refractivity contribution in [2.24, 2.45) is 5.92 Å². The smallest absolute Gasteiger partial charge is 0.244 e.